The third-order valence-electron chi connectivity index (χ3n) is 3.74. The lowest BCUT2D eigenvalue weighted by Gasteiger charge is -2.20. The van der Waals surface area contributed by atoms with Crippen LogP contribution in [0.4, 0.5) is 5.69 Å². The van der Waals surface area contributed by atoms with E-state index >= 15 is 0 Å². The van der Waals surface area contributed by atoms with Crippen molar-refractivity contribution in [1.29, 1.82) is 0 Å². The van der Waals surface area contributed by atoms with Crippen molar-refractivity contribution in [2.24, 2.45) is 0 Å². The Morgan fingerprint density at radius 2 is 2.19 bits per heavy atom. The molecule has 0 bridgehead atoms. The molecule has 0 aliphatic carbocycles. The van der Waals surface area contributed by atoms with Crippen LogP contribution in [0.25, 0.3) is 0 Å². The third-order valence-corrected chi connectivity index (χ3v) is 3.74. The third kappa shape index (κ3) is 3.60. The molecule has 1 aliphatic rings. The van der Waals surface area contributed by atoms with Crippen LogP contribution in [-0.4, -0.2) is 46.2 Å². The van der Waals surface area contributed by atoms with Gasteiger partial charge in [0.1, 0.15) is 0 Å². The lowest BCUT2D eigenvalue weighted by molar-refractivity contribution is -0.149. The normalized spacial score (nSPS) is 21.4. The number of hydrogen-bond donors (Lipinski definition) is 1. The van der Waals surface area contributed by atoms with Gasteiger partial charge in [-0.05, 0) is 26.7 Å². The van der Waals surface area contributed by atoms with E-state index in [1.807, 2.05) is 18.7 Å². The number of rotatable bonds is 6. The molecule has 1 N–H and O–H groups in total. The van der Waals surface area contributed by atoms with E-state index in [2.05, 4.69) is 5.10 Å². The zero-order chi connectivity index (χ0) is 15.4. The molecule has 0 spiro atoms. The van der Waals surface area contributed by atoms with E-state index < -0.39 is 12.1 Å². The first-order valence-electron chi connectivity index (χ1n) is 7.25. The number of aromatic nitrogens is 2. The fourth-order valence-corrected chi connectivity index (χ4v) is 2.54. The van der Waals surface area contributed by atoms with E-state index in [-0.39, 0.29) is 11.7 Å². The van der Waals surface area contributed by atoms with Crippen molar-refractivity contribution in [3.63, 3.8) is 0 Å². The molecule has 2 unspecified atom stereocenters. The molecule has 1 saturated heterocycles. The summed E-state index contributed by atoms with van der Waals surface area (Å²) in [6.45, 7) is 5.96. The zero-order valence-electron chi connectivity index (χ0n) is 12.4. The van der Waals surface area contributed by atoms with Crippen LogP contribution in [0.15, 0.2) is 17.1 Å². The molecule has 2 atom stereocenters. The molecule has 1 aliphatic heterocycles. The molecule has 116 valence electrons. The maximum Gasteiger partial charge on any atom is 0.332 e. The zero-order valence-corrected chi connectivity index (χ0v) is 12.4. The number of nitrogens with zero attached hydrogens (tertiary/aromatic N) is 3. The molecule has 2 rings (SSSR count). The average molecular weight is 295 g/mol. The van der Waals surface area contributed by atoms with Crippen molar-refractivity contribution in [3.05, 3.63) is 22.6 Å². The monoisotopic (exact) mass is 295 g/mol. The lowest BCUT2D eigenvalue weighted by Crippen LogP contribution is -2.31. The maximum atomic E-state index is 12.1. The van der Waals surface area contributed by atoms with Gasteiger partial charge in [-0.2, -0.15) is 5.10 Å². The number of anilines is 1. The molecule has 0 radical (unpaired) electrons. The molecule has 0 saturated carbocycles. The second-order valence-corrected chi connectivity index (χ2v) is 5.07. The van der Waals surface area contributed by atoms with Crippen molar-refractivity contribution < 1.29 is 14.6 Å². The topological polar surface area (TPSA) is 84.7 Å². The molecule has 21 heavy (non-hydrogen) atoms. The summed E-state index contributed by atoms with van der Waals surface area (Å²) in [5.41, 5.74) is 0.610. The fourth-order valence-electron chi connectivity index (χ4n) is 2.54. The smallest absolute Gasteiger partial charge is 0.332 e. The van der Waals surface area contributed by atoms with Gasteiger partial charge in [0, 0.05) is 19.2 Å². The van der Waals surface area contributed by atoms with Gasteiger partial charge in [-0.15, -0.1) is 0 Å². The van der Waals surface area contributed by atoms with Gasteiger partial charge in [0.15, 0.2) is 6.10 Å². The van der Waals surface area contributed by atoms with E-state index in [9.17, 15) is 9.59 Å². The Labute approximate surface area is 123 Å². The fraction of sp³-hybridized carbons (Fsp3) is 0.643. The van der Waals surface area contributed by atoms with E-state index in [0.29, 0.717) is 19.4 Å². The second-order valence-electron chi connectivity index (χ2n) is 5.07. The summed E-state index contributed by atoms with van der Waals surface area (Å²) in [5.74, 6) is -0.949. The average Bonchev–Trinajstić information content (AvgIpc) is 2.92. The van der Waals surface area contributed by atoms with Crippen molar-refractivity contribution in [2.45, 2.75) is 45.4 Å². The highest BCUT2D eigenvalue weighted by Crippen LogP contribution is 2.20. The highest BCUT2D eigenvalue weighted by molar-refractivity contribution is 5.72. The molecule has 0 amide bonds. The van der Waals surface area contributed by atoms with Gasteiger partial charge in [0.25, 0.3) is 5.56 Å². The minimum atomic E-state index is -0.949. The maximum absolute atomic E-state index is 12.1. The van der Waals surface area contributed by atoms with E-state index in [1.165, 1.54) is 4.68 Å². The summed E-state index contributed by atoms with van der Waals surface area (Å²) in [4.78, 5) is 25.0. The van der Waals surface area contributed by atoms with Crippen LogP contribution in [0.2, 0.25) is 0 Å². The van der Waals surface area contributed by atoms with Gasteiger partial charge in [0.2, 0.25) is 0 Å². The predicted molar refractivity (Wildman–Crippen MR) is 77.6 cm³/mol. The summed E-state index contributed by atoms with van der Waals surface area (Å²) in [6.07, 6.45) is 1.74. The molecular weight excluding hydrogens is 274 g/mol. The molecule has 1 aromatic heterocycles. The van der Waals surface area contributed by atoms with Crippen molar-refractivity contribution in [2.75, 3.05) is 18.0 Å². The number of carboxylic acids is 1. The van der Waals surface area contributed by atoms with Crippen molar-refractivity contribution >= 4 is 11.7 Å². The first-order chi connectivity index (χ1) is 10.0. The van der Waals surface area contributed by atoms with Crippen LogP contribution in [0.3, 0.4) is 0 Å². The molecule has 7 nitrogen and oxygen atoms in total. The van der Waals surface area contributed by atoms with Crippen LogP contribution < -0.4 is 10.5 Å². The van der Waals surface area contributed by atoms with Gasteiger partial charge in [-0.25, -0.2) is 9.48 Å². The van der Waals surface area contributed by atoms with E-state index in [1.54, 1.807) is 12.3 Å². The first kappa shape index (κ1) is 15.5. The summed E-state index contributed by atoms with van der Waals surface area (Å²) < 4.78 is 6.73. The number of carboxylic acid groups (broad SMARTS) is 1. The van der Waals surface area contributed by atoms with Gasteiger partial charge in [0.05, 0.1) is 24.5 Å². The Bertz CT molecular complexity index is 553. The number of ether oxygens (including phenoxy) is 1. The second kappa shape index (κ2) is 6.71. The van der Waals surface area contributed by atoms with Crippen LogP contribution >= 0.6 is 0 Å². The number of carbonyl (C=O) groups is 1. The Morgan fingerprint density at radius 1 is 1.48 bits per heavy atom. The summed E-state index contributed by atoms with van der Waals surface area (Å²) in [6, 6.07) is 1.56. The van der Waals surface area contributed by atoms with Gasteiger partial charge in [-0.1, -0.05) is 0 Å². The Kier molecular flexibility index (Phi) is 4.95. The predicted octanol–water partition coefficient (Wildman–Crippen LogP) is 0.722. The summed E-state index contributed by atoms with van der Waals surface area (Å²) >= 11 is 0. The number of aliphatic carboxylic acids is 1. The summed E-state index contributed by atoms with van der Waals surface area (Å²) in [7, 11) is 0. The molecule has 1 aromatic rings. The molecule has 2 heterocycles. The van der Waals surface area contributed by atoms with Crippen LogP contribution in [-0.2, 0) is 16.1 Å². The highest BCUT2D eigenvalue weighted by Gasteiger charge is 2.30. The molecular formula is C14H21N3O4. The Balaban J connectivity index is 2.05. The van der Waals surface area contributed by atoms with Gasteiger partial charge < -0.3 is 14.7 Å². The minimum Gasteiger partial charge on any atom is -0.479 e. The highest BCUT2D eigenvalue weighted by atomic mass is 16.5. The SMILES string of the molecule is CCN(CC)c1cnn(CC2CCC(C(=O)O)O2)c(=O)c1. The first-order valence-corrected chi connectivity index (χ1v) is 7.25. The van der Waals surface area contributed by atoms with Crippen LogP contribution in [0, 0.1) is 0 Å². The Morgan fingerprint density at radius 3 is 2.71 bits per heavy atom. The summed E-state index contributed by atoms with van der Waals surface area (Å²) in [5, 5.41) is 13.1. The van der Waals surface area contributed by atoms with Crippen molar-refractivity contribution in [3.8, 4) is 0 Å². The largest absolute Gasteiger partial charge is 0.479 e. The molecule has 0 aromatic carbocycles. The van der Waals surface area contributed by atoms with Gasteiger partial charge in [-0.3, -0.25) is 4.79 Å². The molecule has 1 fully saturated rings. The van der Waals surface area contributed by atoms with Crippen LogP contribution in [0.1, 0.15) is 26.7 Å². The van der Waals surface area contributed by atoms with Crippen LogP contribution in [0.5, 0.6) is 0 Å². The van der Waals surface area contributed by atoms with Gasteiger partial charge >= 0.3 is 5.97 Å². The molecule has 7 heteroatoms. The number of hydrogen-bond acceptors (Lipinski definition) is 5. The van der Waals surface area contributed by atoms with E-state index in [0.717, 1.165) is 18.8 Å². The minimum absolute atomic E-state index is 0.193. The van der Waals surface area contributed by atoms with E-state index in [4.69, 9.17) is 9.84 Å². The quantitative estimate of drug-likeness (QED) is 0.832. The Hall–Kier alpha value is -1.89. The van der Waals surface area contributed by atoms with Crippen molar-refractivity contribution in [1.82, 2.24) is 9.78 Å². The lowest BCUT2D eigenvalue weighted by atomic mass is 10.2. The standard InChI is InChI=1S/C14H21N3O4/c1-3-16(4-2)10-7-13(18)17(15-8-10)9-11-5-6-12(21-11)14(19)20/h7-8,11-12H,3-6,9H2,1-2H3,(H,19,20).